The van der Waals surface area contributed by atoms with E-state index in [1.807, 2.05) is 20.8 Å². The van der Waals surface area contributed by atoms with E-state index >= 15 is 0 Å². The standard InChI is InChI=1S/C15H29N3O2/c1-5-17-8-6-7-12(9-17)16-13-10-18(11-13)14(19)20-15(2,3)4/h12-13,16H,5-11H2,1-4H3. The third-order valence-electron chi connectivity index (χ3n) is 3.96. The van der Waals surface area contributed by atoms with Gasteiger partial charge in [-0.2, -0.15) is 0 Å². The lowest BCUT2D eigenvalue weighted by Crippen LogP contribution is -2.63. The summed E-state index contributed by atoms with van der Waals surface area (Å²) in [5.41, 5.74) is -0.402. The zero-order valence-electron chi connectivity index (χ0n) is 13.3. The van der Waals surface area contributed by atoms with Crippen molar-refractivity contribution >= 4 is 6.09 Å². The summed E-state index contributed by atoms with van der Waals surface area (Å²) in [5, 5.41) is 3.68. The van der Waals surface area contributed by atoms with Crippen molar-refractivity contribution in [3.05, 3.63) is 0 Å². The molecule has 5 heteroatoms. The maximum atomic E-state index is 11.8. The molecular formula is C15H29N3O2. The maximum absolute atomic E-state index is 11.8. The monoisotopic (exact) mass is 283 g/mol. The molecule has 2 rings (SSSR count). The highest BCUT2D eigenvalue weighted by molar-refractivity contribution is 5.69. The average molecular weight is 283 g/mol. The SMILES string of the molecule is CCN1CCCC(NC2CN(C(=O)OC(C)(C)C)C2)C1. The van der Waals surface area contributed by atoms with Crippen LogP contribution in [0.1, 0.15) is 40.5 Å². The number of amides is 1. The zero-order valence-corrected chi connectivity index (χ0v) is 13.3. The predicted octanol–water partition coefficient (Wildman–Crippen LogP) is 1.68. The minimum atomic E-state index is -0.402. The van der Waals surface area contributed by atoms with Crippen molar-refractivity contribution in [2.75, 3.05) is 32.7 Å². The fourth-order valence-corrected chi connectivity index (χ4v) is 2.87. The number of piperidine rings is 1. The van der Waals surface area contributed by atoms with Crippen molar-refractivity contribution in [1.29, 1.82) is 0 Å². The average Bonchev–Trinajstić information content (AvgIpc) is 2.31. The summed E-state index contributed by atoms with van der Waals surface area (Å²) < 4.78 is 5.37. The molecule has 1 amide bonds. The first-order valence-corrected chi connectivity index (χ1v) is 7.83. The Morgan fingerprint density at radius 3 is 2.55 bits per heavy atom. The Bertz CT molecular complexity index is 335. The minimum Gasteiger partial charge on any atom is -0.444 e. The Balaban J connectivity index is 1.67. The molecule has 0 bridgehead atoms. The molecule has 1 unspecified atom stereocenters. The molecule has 5 nitrogen and oxygen atoms in total. The van der Waals surface area contributed by atoms with Crippen LogP contribution in [-0.4, -0.2) is 66.3 Å². The molecule has 2 aliphatic heterocycles. The van der Waals surface area contributed by atoms with Crippen LogP contribution in [-0.2, 0) is 4.74 Å². The van der Waals surface area contributed by atoms with Gasteiger partial charge in [0.2, 0.25) is 0 Å². The molecule has 1 atom stereocenters. The lowest BCUT2D eigenvalue weighted by Gasteiger charge is -2.43. The largest absolute Gasteiger partial charge is 0.444 e. The summed E-state index contributed by atoms with van der Waals surface area (Å²) in [6.07, 6.45) is 2.34. The van der Waals surface area contributed by atoms with Crippen LogP contribution in [0.5, 0.6) is 0 Å². The molecule has 2 heterocycles. The second kappa shape index (κ2) is 6.31. The smallest absolute Gasteiger partial charge is 0.410 e. The van der Waals surface area contributed by atoms with Crippen LogP contribution in [0.2, 0.25) is 0 Å². The summed E-state index contributed by atoms with van der Waals surface area (Å²) in [7, 11) is 0. The van der Waals surface area contributed by atoms with Gasteiger partial charge in [-0.1, -0.05) is 6.92 Å². The number of ether oxygens (including phenoxy) is 1. The maximum Gasteiger partial charge on any atom is 0.410 e. The molecular weight excluding hydrogens is 254 g/mol. The number of nitrogens with zero attached hydrogens (tertiary/aromatic N) is 2. The highest BCUT2D eigenvalue weighted by atomic mass is 16.6. The van der Waals surface area contributed by atoms with Crippen LogP contribution in [0.3, 0.4) is 0 Å². The normalized spacial score (nSPS) is 25.4. The van der Waals surface area contributed by atoms with E-state index < -0.39 is 5.60 Å². The Labute approximate surface area is 122 Å². The van der Waals surface area contributed by atoms with Crippen molar-refractivity contribution in [2.24, 2.45) is 0 Å². The number of hydrogen-bond acceptors (Lipinski definition) is 4. The van der Waals surface area contributed by atoms with Crippen molar-refractivity contribution in [1.82, 2.24) is 15.1 Å². The Hall–Kier alpha value is -0.810. The molecule has 0 aromatic heterocycles. The van der Waals surface area contributed by atoms with Crippen molar-refractivity contribution < 1.29 is 9.53 Å². The summed E-state index contributed by atoms with van der Waals surface area (Å²) in [6, 6.07) is 1.01. The summed E-state index contributed by atoms with van der Waals surface area (Å²) in [5.74, 6) is 0. The number of hydrogen-bond donors (Lipinski definition) is 1. The second-order valence-electron chi connectivity index (χ2n) is 6.98. The van der Waals surface area contributed by atoms with E-state index in [1.54, 1.807) is 4.90 Å². The van der Waals surface area contributed by atoms with Gasteiger partial charge in [-0.05, 0) is 46.7 Å². The van der Waals surface area contributed by atoms with E-state index in [4.69, 9.17) is 4.74 Å². The Kier molecular flexibility index (Phi) is 4.91. The summed E-state index contributed by atoms with van der Waals surface area (Å²) >= 11 is 0. The van der Waals surface area contributed by atoms with E-state index in [-0.39, 0.29) is 6.09 Å². The van der Waals surface area contributed by atoms with E-state index in [1.165, 1.54) is 19.4 Å². The van der Waals surface area contributed by atoms with Crippen molar-refractivity contribution in [3.63, 3.8) is 0 Å². The van der Waals surface area contributed by atoms with Gasteiger partial charge in [0.05, 0.1) is 0 Å². The molecule has 2 fully saturated rings. The van der Waals surface area contributed by atoms with Gasteiger partial charge >= 0.3 is 6.09 Å². The third-order valence-corrected chi connectivity index (χ3v) is 3.96. The molecule has 0 aromatic rings. The molecule has 0 aliphatic carbocycles. The predicted molar refractivity (Wildman–Crippen MR) is 79.9 cm³/mol. The van der Waals surface area contributed by atoms with Crippen LogP contribution in [0.25, 0.3) is 0 Å². The van der Waals surface area contributed by atoms with Gasteiger partial charge in [0, 0.05) is 31.7 Å². The topological polar surface area (TPSA) is 44.8 Å². The van der Waals surface area contributed by atoms with E-state index in [0.29, 0.717) is 12.1 Å². The highest BCUT2D eigenvalue weighted by Gasteiger charge is 2.35. The first kappa shape index (κ1) is 15.6. The van der Waals surface area contributed by atoms with Crippen LogP contribution in [0.4, 0.5) is 4.79 Å². The first-order chi connectivity index (χ1) is 9.37. The van der Waals surface area contributed by atoms with Crippen LogP contribution >= 0.6 is 0 Å². The van der Waals surface area contributed by atoms with Crippen LogP contribution in [0.15, 0.2) is 0 Å². The molecule has 1 N–H and O–H groups in total. The van der Waals surface area contributed by atoms with E-state index in [2.05, 4.69) is 17.1 Å². The number of likely N-dealkylation sites (N-methyl/N-ethyl adjacent to an activating group) is 1. The zero-order chi connectivity index (χ0) is 14.8. The number of nitrogens with one attached hydrogen (secondary N) is 1. The molecule has 20 heavy (non-hydrogen) atoms. The summed E-state index contributed by atoms with van der Waals surface area (Å²) in [4.78, 5) is 16.1. The summed E-state index contributed by atoms with van der Waals surface area (Å²) in [6.45, 7) is 13.0. The van der Waals surface area contributed by atoms with Gasteiger partial charge in [-0.3, -0.25) is 0 Å². The molecule has 0 aromatic carbocycles. The van der Waals surface area contributed by atoms with Crippen LogP contribution < -0.4 is 5.32 Å². The molecule has 0 radical (unpaired) electrons. The number of carbonyl (C=O) groups excluding carboxylic acids is 1. The lowest BCUT2D eigenvalue weighted by molar-refractivity contribution is 0.00296. The molecule has 0 spiro atoms. The fraction of sp³-hybridized carbons (Fsp3) is 0.933. The van der Waals surface area contributed by atoms with E-state index in [0.717, 1.165) is 26.2 Å². The third kappa shape index (κ3) is 4.35. The molecule has 2 aliphatic rings. The Morgan fingerprint density at radius 1 is 1.25 bits per heavy atom. The van der Waals surface area contributed by atoms with Crippen LogP contribution in [0, 0.1) is 0 Å². The van der Waals surface area contributed by atoms with Gasteiger partial charge < -0.3 is 19.9 Å². The minimum absolute atomic E-state index is 0.186. The molecule has 0 saturated carbocycles. The van der Waals surface area contributed by atoms with Gasteiger partial charge in [0.25, 0.3) is 0 Å². The first-order valence-electron chi connectivity index (χ1n) is 7.83. The van der Waals surface area contributed by atoms with Gasteiger partial charge in [0.1, 0.15) is 5.60 Å². The van der Waals surface area contributed by atoms with Gasteiger partial charge in [-0.15, -0.1) is 0 Å². The quantitative estimate of drug-likeness (QED) is 0.856. The van der Waals surface area contributed by atoms with Crippen molar-refractivity contribution in [2.45, 2.75) is 58.2 Å². The molecule has 2 saturated heterocycles. The number of carbonyl (C=O) groups is 1. The van der Waals surface area contributed by atoms with Gasteiger partial charge in [-0.25, -0.2) is 4.79 Å². The molecule has 116 valence electrons. The number of likely N-dealkylation sites (tertiary alicyclic amines) is 2. The fourth-order valence-electron chi connectivity index (χ4n) is 2.87. The second-order valence-corrected chi connectivity index (χ2v) is 6.98. The Morgan fingerprint density at radius 2 is 1.95 bits per heavy atom. The van der Waals surface area contributed by atoms with Crippen molar-refractivity contribution in [3.8, 4) is 0 Å². The number of rotatable bonds is 3. The lowest BCUT2D eigenvalue weighted by atomic mass is 10.0. The van der Waals surface area contributed by atoms with E-state index in [9.17, 15) is 4.79 Å². The highest BCUT2D eigenvalue weighted by Crippen LogP contribution is 2.17. The van der Waals surface area contributed by atoms with Gasteiger partial charge in [0.15, 0.2) is 0 Å².